The molecule has 12 nitrogen and oxygen atoms in total. The fraction of sp³-hybridized carbons (Fsp3) is 0.0526. The molecule has 4 aromatic rings. The summed E-state index contributed by atoms with van der Waals surface area (Å²) in [5.74, 6) is -0.703. The van der Waals surface area contributed by atoms with Crippen LogP contribution in [0, 0.1) is 5.82 Å². The van der Waals surface area contributed by atoms with Gasteiger partial charge in [-0.15, -0.1) is 5.10 Å². The van der Waals surface area contributed by atoms with E-state index in [2.05, 4.69) is 35.8 Å². The summed E-state index contributed by atoms with van der Waals surface area (Å²) >= 11 is 0. The maximum absolute atomic E-state index is 13.1. The van der Waals surface area contributed by atoms with Gasteiger partial charge in [0.2, 0.25) is 11.6 Å². The van der Waals surface area contributed by atoms with Crippen molar-refractivity contribution >= 4 is 17.9 Å². The summed E-state index contributed by atoms with van der Waals surface area (Å²) in [5.41, 5.74) is 8.77. The predicted molar refractivity (Wildman–Crippen MR) is 108 cm³/mol. The number of amides is 1. The molecular weight excluding hydrogens is 423 g/mol. The van der Waals surface area contributed by atoms with E-state index in [0.717, 1.165) is 4.68 Å². The van der Waals surface area contributed by atoms with Crippen molar-refractivity contribution in [3.05, 3.63) is 71.3 Å². The maximum Gasteiger partial charge on any atom is 0.293 e. The van der Waals surface area contributed by atoms with Crippen molar-refractivity contribution in [2.24, 2.45) is 5.10 Å². The third kappa shape index (κ3) is 4.51. The molecule has 0 radical (unpaired) electrons. The molecule has 0 saturated heterocycles. The normalized spacial score (nSPS) is 11.0. The molecule has 4 rings (SSSR count). The molecule has 2 heterocycles. The van der Waals surface area contributed by atoms with Crippen molar-refractivity contribution in [2.45, 2.75) is 6.61 Å². The molecule has 0 atom stereocenters. The lowest BCUT2D eigenvalue weighted by atomic mass is 10.2. The number of aromatic nitrogens is 5. The van der Waals surface area contributed by atoms with E-state index >= 15 is 0 Å². The number of phenols is 1. The quantitative estimate of drug-likeness (QED) is 0.285. The van der Waals surface area contributed by atoms with Gasteiger partial charge < -0.3 is 15.6 Å². The summed E-state index contributed by atoms with van der Waals surface area (Å²) in [6.45, 7) is -0.185. The van der Waals surface area contributed by atoms with Crippen LogP contribution in [0.3, 0.4) is 0 Å². The average Bonchev–Trinajstić information content (AvgIpc) is 3.40. The Morgan fingerprint density at radius 3 is 2.66 bits per heavy atom. The van der Waals surface area contributed by atoms with E-state index in [-0.39, 0.29) is 35.4 Å². The number of rotatable bonds is 7. The lowest BCUT2D eigenvalue weighted by Crippen LogP contribution is -2.21. The van der Waals surface area contributed by atoms with Gasteiger partial charge in [0.25, 0.3) is 5.91 Å². The van der Waals surface area contributed by atoms with Crippen LogP contribution < -0.4 is 15.9 Å². The summed E-state index contributed by atoms with van der Waals surface area (Å²) in [6.07, 6.45) is 1.38. The minimum Gasteiger partial charge on any atom is -0.508 e. The third-order valence-electron chi connectivity index (χ3n) is 4.14. The van der Waals surface area contributed by atoms with Crippen molar-refractivity contribution in [1.82, 2.24) is 30.7 Å². The van der Waals surface area contributed by atoms with Crippen LogP contribution in [-0.2, 0) is 6.61 Å². The van der Waals surface area contributed by atoms with E-state index in [9.17, 15) is 14.3 Å². The van der Waals surface area contributed by atoms with Crippen LogP contribution in [0.1, 0.15) is 21.7 Å². The molecule has 1 amide bonds. The van der Waals surface area contributed by atoms with E-state index in [4.69, 9.17) is 10.5 Å². The molecule has 13 heteroatoms. The predicted octanol–water partition coefficient (Wildman–Crippen LogP) is 1.42. The van der Waals surface area contributed by atoms with Crippen LogP contribution in [-0.4, -0.2) is 42.5 Å². The second-order valence-electron chi connectivity index (χ2n) is 6.30. The number of nitrogen functional groups attached to an aromatic ring is 1. The Labute approximate surface area is 179 Å². The number of nitrogens with two attached hydrogens (primary N) is 1. The highest BCUT2D eigenvalue weighted by atomic mass is 19.1. The van der Waals surface area contributed by atoms with E-state index in [1.54, 1.807) is 12.1 Å². The highest BCUT2D eigenvalue weighted by molar-refractivity contribution is 5.94. The van der Waals surface area contributed by atoms with Gasteiger partial charge in [0, 0.05) is 0 Å². The first-order valence-electron chi connectivity index (χ1n) is 9.05. The minimum atomic E-state index is -0.681. The van der Waals surface area contributed by atoms with Crippen molar-refractivity contribution < 1.29 is 23.7 Å². The number of benzene rings is 2. The number of nitrogens with zero attached hydrogens (tertiary/aromatic N) is 6. The summed E-state index contributed by atoms with van der Waals surface area (Å²) in [7, 11) is 0. The first-order valence-corrected chi connectivity index (χ1v) is 9.05. The summed E-state index contributed by atoms with van der Waals surface area (Å²) in [6, 6.07) is 11.5. The second-order valence-corrected chi connectivity index (χ2v) is 6.30. The molecule has 0 unspecified atom stereocenters. The number of nitrogens with one attached hydrogen (secondary N) is 1. The highest BCUT2D eigenvalue weighted by Crippen LogP contribution is 2.19. The highest BCUT2D eigenvalue weighted by Gasteiger charge is 2.24. The van der Waals surface area contributed by atoms with Gasteiger partial charge in [0.15, 0.2) is 5.69 Å². The standard InChI is InChI=1S/C19H15FN8O4/c20-12-3-7-14(8-4-12)31-10-15-16(23-27-28(15)18-17(21)25-32-26-18)19(30)24-22-9-11-1-5-13(29)6-2-11/h1-9,29H,10H2,(H2,21,25)(H,24,30)/b22-9+. The SMILES string of the molecule is Nc1nonc1-n1nnc(C(=O)N/N=C/c2ccc(O)cc2)c1COc1ccc(F)cc1. The van der Waals surface area contributed by atoms with Gasteiger partial charge in [-0.05, 0) is 64.4 Å². The molecule has 162 valence electrons. The smallest absolute Gasteiger partial charge is 0.293 e. The van der Waals surface area contributed by atoms with E-state index in [1.807, 2.05) is 0 Å². The van der Waals surface area contributed by atoms with Crippen molar-refractivity contribution in [2.75, 3.05) is 5.73 Å². The number of hydrogen-bond donors (Lipinski definition) is 3. The summed E-state index contributed by atoms with van der Waals surface area (Å²) in [5, 5.41) is 28.1. The number of hydrogen-bond acceptors (Lipinski definition) is 10. The average molecular weight is 438 g/mol. The monoisotopic (exact) mass is 438 g/mol. The van der Waals surface area contributed by atoms with Crippen molar-refractivity contribution in [1.29, 1.82) is 0 Å². The van der Waals surface area contributed by atoms with E-state index in [0.29, 0.717) is 11.3 Å². The number of carbonyl (C=O) groups excluding carboxylic acids is 1. The molecule has 0 aliphatic carbocycles. The lowest BCUT2D eigenvalue weighted by Gasteiger charge is -2.08. The number of anilines is 1. The molecule has 2 aromatic carbocycles. The lowest BCUT2D eigenvalue weighted by molar-refractivity contribution is 0.0947. The number of hydrazone groups is 1. The van der Waals surface area contributed by atoms with Gasteiger partial charge in [0.05, 0.1) is 6.21 Å². The first kappa shape index (κ1) is 20.5. The Morgan fingerprint density at radius 2 is 1.97 bits per heavy atom. The van der Waals surface area contributed by atoms with Gasteiger partial charge in [-0.25, -0.2) is 14.4 Å². The molecular formula is C19H15FN8O4. The zero-order chi connectivity index (χ0) is 22.5. The topological polar surface area (TPSA) is 167 Å². The van der Waals surface area contributed by atoms with Gasteiger partial charge >= 0.3 is 0 Å². The molecule has 0 spiro atoms. The molecule has 0 aliphatic rings. The fourth-order valence-corrected chi connectivity index (χ4v) is 2.58. The largest absolute Gasteiger partial charge is 0.508 e. The summed E-state index contributed by atoms with van der Waals surface area (Å²) in [4.78, 5) is 12.7. The number of phenolic OH excluding ortho intramolecular Hbond substituents is 1. The molecule has 0 saturated carbocycles. The Bertz CT molecular complexity index is 1250. The number of ether oxygens (including phenoxy) is 1. The van der Waals surface area contributed by atoms with E-state index < -0.39 is 11.7 Å². The third-order valence-corrected chi connectivity index (χ3v) is 4.14. The van der Waals surface area contributed by atoms with E-state index in [1.165, 1.54) is 42.6 Å². The first-order chi connectivity index (χ1) is 15.5. The zero-order valence-electron chi connectivity index (χ0n) is 16.2. The minimum absolute atomic E-state index is 0.0156. The van der Waals surface area contributed by atoms with Crippen molar-refractivity contribution in [3.63, 3.8) is 0 Å². The molecule has 0 fully saturated rings. The number of carbonyl (C=O) groups is 1. The van der Waals surface area contributed by atoms with Crippen LogP contribution in [0.15, 0.2) is 58.3 Å². The van der Waals surface area contributed by atoms with Gasteiger partial charge in [-0.2, -0.15) is 9.78 Å². The second kappa shape index (κ2) is 8.91. The maximum atomic E-state index is 13.1. The Morgan fingerprint density at radius 1 is 1.22 bits per heavy atom. The molecule has 4 N–H and O–H groups in total. The van der Waals surface area contributed by atoms with Gasteiger partial charge in [-0.1, -0.05) is 5.21 Å². The van der Waals surface area contributed by atoms with Crippen molar-refractivity contribution in [3.8, 4) is 17.3 Å². The molecule has 32 heavy (non-hydrogen) atoms. The van der Waals surface area contributed by atoms with Crippen LogP contribution in [0.5, 0.6) is 11.5 Å². The Balaban J connectivity index is 1.56. The van der Waals surface area contributed by atoms with Crippen LogP contribution in [0.2, 0.25) is 0 Å². The fourth-order valence-electron chi connectivity index (χ4n) is 2.58. The number of aromatic hydroxyl groups is 1. The Kier molecular flexibility index (Phi) is 5.70. The molecule has 2 aromatic heterocycles. The van der Waals surface area contributed by atoms with Crippen LogP contribution in [0.25, 0.3) is 5.82 Å². The summed E-state index contributed by atoms with van der Waals surface area (Å²) < 4.78 is 24.5. The Hall–Kier alpha value is -4.81. The number of halogens is 1. The van der Waals surface area contributed by atoms with Gasteiger partial charge in [-0.3, -0.25) is 4.79 Å². The zero-order valence-corrected chi connectivity index (χ0v) is 16.2. The van der Waals surface area contributed by atoms with Gasteiger partial charge in [0.1, 0.15) is 29.6 Å². The van der Waals surface area contributed by atoms with Crippen LogP contribution >= 0.6 is 0 Å². The molecule has 0 bridgehead atoms. The molecule has 0 aliphatic heterocycles. The van der Waals surface area contributed by atoms with Crippen LogP contribution in [0.4, 0.5) is 10.2 Å².